The summed E-state index contributed by atoms with van der Waals surface area (Å²) in [5, 5.41) is 6.73. The number of hydrogen-bond acceptors (Lipinski definition) is 3. The first-order valence-corrected chi connectivity index (χ1v) is 9.42. The minimum Gasteiger partial charge on any atom is -0.315 e. The molecule has 7 nitrogen and oxygen atoms in total. The van der Waals surface area contributed by atoms with Gasteiger partial charge in [0.2, 0.25) is 0 Å². The second-order valence-corrected chi connectivity index (χ2v) is 7.88. The number of amides is 5. The minimum absolute atomic E-state index is 0.00104. The predicted octanol–water partition coefficient (Wildman–Crippen LogP) is 2.32. The molecule has 4 rings (SSSR count). The standard InChI is InChI=1S/C20H19F3N4O3/c1-19(22,23)20(6-5-10-3-4-10)12-9-13(21)11(7-14(12)24-17(29)26-20)8-15-16(28)25-18(30)27(15)2/h7,9-10,15H,3-4,8H2,1-2H3,(H2,24,26,29)(H,25,28,30)/t15-,20+/m1/s1. The number of imide groups is 1. The Balaban J connectivity index is 1.78. The fourth-order valence-electron chi connectivity index (χ4n) is 3.60. The molecule has 0 unspecified atom stereocenters. The van der Waals surface area contributed by atoms with Gasteiger partial charge in [0.1, 0.15) is 11.9 Å². The van der Waals surface area contributed by atoms with E-state index < -0.39 is 41.3 Å². The summed E-state index contributed by atoms with van der Waals surface area (Å²) in [6.07, 6.45) is 1.40. The Kier molecular flexibility index (Phi) is 4.45. The SMILES string of the molecule is CN1C(=O)NC(=O)[C@H]1Cc1cc2c(cc1F)[C@@](C#CC1CC1)(C(C)(F)F)NC(=O)N2. The molecule has 0 radical (unpaired) electrons. The van der Waals surface area contributed by atoms with Crippen LogP contribution in [-0.2, 0) is 16.8 Å². The molecule has 1 saturated heterocycles. The fourth-order valence-corrected chi connectivity index (χ4v) is 3.60. The molecule has 3 aliphatic rings. The number of carbonyl (C=O) groups is 3. The number of rotatable bonds is 3. The molecule has 0 bridgehead atoms. The van der Waals surface area contributed by atoms with Gasteiger partial charge in [0.25, 0.3) is 11.8 Å². The normalized spacial score (nSPS) is 25.7. The van der Waals surface area contributed by atoms with Crippen LogP contribution in [0, 0.1) is 23.6 Å². The van der Waals surface area contributed by atoms with Crippen molar-refractivity contribution in [3.8, 4) is 11.8 Å². The van der Waals surface area contributed by atoms with Crippen LogP contribution in [-0.4, -0.2) is 41.9 Å². The van der Waals surface area contributed by atoms with Crippen molar-refractivity contribution in [1.29, 1.82) is 0 Å². The molecule has 1 aromatic rings. The van der Waals surface area contributed by atoms with E-state index in [0.717, 1.165) is 23.8 Å². The van der Waals surface area contributed by atoms with Crippen LogP contribution in [0.4, 0.5) is 28.4 Å². The third-order valence-electron chi connectivity index (χ3n) is 5.57. The average molecular weight is 420 g/mol. The summed E-state index contributed by atoms with van der Waals surface area (Å²) in [4.78, 5) is 36.9. The molecule has 2 fully saturated rings. The molecule has 1 aliphatic carbocycles. The van der Waals surface area contributed by atoms with Crippen molar-refractivity contribution in [2.24, 2.45) is 5.92 Å². The zero-order valence-electron chi connectivity index (χ0n) is 16.2. The zero-order valence-corrected chi connectivity index (χ0v) is 16.2. The molecule has 5 amide bonds. The third-order valence-corrected chi connectivity index (χ3v) is 5.57. The minimum atomic E-state index is -3.51. The predicted molar refractivity (Wildman–Crippen MR) is 100 cm³/mol. The average Bonchev–Trinajstić information content (AvgIpc) is 3.43. The maximum Gasteiger partial charge on any atom is 0.324 e. The lowest BCUT2D eigenvalue weighted by molar-refractivity contribution is -0.121. The molecular weight excluding hydrogens is 401 g/mol. The topological polar surface area (TPSA) is 90.5 Å². The van der Waals surface area contributed by atoms with Crippen LogP contribution in [0.1, 0.15) is 30.9 Å². The van der Waals surface area contributed by atoms with Crippen LogP contribution in [0.3, 0.4) is 0 Å². The van der Waals surface area contributed by atoms with E-state index in [2.05, 4.69) is 27.8 Å². The Labute approximate surface area is 170 Å². The Morgan fingerprint density at radius 3 is 2.50 bits per heavy atom. The third kappa shape index (κ3) is 3.24. The van der Waals surface area contributed by atoms with Gasteiger partial charge in [-0.05, 0) is 30.5 Å². The van der Waals surface area contributed by atoms with Crippen LogP contribution in [0.15, 0.2) is 12.1 Å². The van der Waals surface area contributed by atoms with Crippen molar-refractivity contribution in [2.45, 2.75) is 43.7 Å². The highest BCUT2D eigenvalue weighted by molar-refractivity contribution is 6.04. The van der Waals surface area contributed by atoms with Gasteiger partial charge in [-0.1, -0.05) is 11.8 Å². The number of urea groups is 2. The molecule has 2 aliphatic heterocycles. The number of benzene rings is 1. The van der Waals surface area contributed by atoms with E-state index in [9.17, 15) is 27.6 Å². The Morgan fingerprint density at radius 1 is 1.23 bits per heavy atom. The number of alkyl halides is 2. The lowest BCUT2D eigenvalue weighted by Crippen LogP contribution is -2.59. The van der Waals surface area contributed by atoms with Crippen LogP contribution < -0.4 is 16.0 Å². The monoisotopic (exact) mass is 420 g/mol. The largest absolute Gasteiger partial charge is 0.324 e. The molecule has 0 aromatic heterocycles. The van der Waals surface area contributed by atoms with E-state index in [0.29, 0.717) is 6.92 Å². The van der Waals surface area contributed by atoms with E-state index in [-0.39, 0.29) is 29.2 Å². The van der Waals surface area contributed by atoms with Gasteiger partial charge in [0.15, 0.2) is 5.54 Å². The number of hydrogen-bond donors (Lipinski definition) is 3. The summed E-state index contributed by atoms with van der Waals surface area (Å²) in [6.45, 7) is 0.624. The summed E-state index contributed by atoms with van der Waals surface area (Å²) in [6, 6.07) is -0.329. The summed E-state index contributed by atoms with van der Waals surface area (Å²) in [7, 11) is 1.39. The molecule has 10 heteroatoms. The number of nitrogens with zero attached hydrogens (tertiary/aromatic N) is 1. The van der Waals surface area contributed by atoms with Gasteiger partial charge in [-0.2, -0.15) is 0 Å². The molecule has 2 atom stereocenters. The first kappa shape index (κ1) is 20.1. The summed E-state index contributed by atoms with van der Waals surface area (Å²) < 4.78 is 44.4. The van der Waals surface area contributed by atoms with Crippen LogP contribution in [0.25, 0.3) is 0 Å². The zero-order chi connectivity index (χ0) is 21.8. The number of halogens is 3. The van der Waals surface area contributed by atoms with Crippen molar-refractivity contribution in [1.82, 2.24) is 15.5 Å². The van der Waals surface area contributed by atoms with Crippen molar-refractivity contribution in [3.63, 3.8) is 0 Å². The number of anilines is 1. The molecule has 158 valence electrons. The van der Waals surface area contributed by atoms with Crippen LogP contribution in [0.5, 0.6) is 0 Å². The molecule has 2 heterocycles. The van der Waals surface area contributed by atoms with Gasteiger partial charge >= 0.3 is 12.1 Å². The van der Waals surface area contributed by atoms with E-state index in [1.54, 1.807) is 0 Å². The second-order valence-electron chi connectivity index (χ2n) is 7.88. The highest BCUT2D eigenvalue weighted by Crippen LogP contribution is 2.44. The number of likely N-dealkylation sites (N-methyl/N-ethyl adjacent to an activating group) is 1. The van der Waals surface area contributed by atoms with Crippen molar-refractivity contribution < 1.29 is 27.6 Å². The number of nitrogens with one attached hydrogen (secondary N) is 3. The first-order valence-electron chi connectivity index (χ1n) is 9.42. The molecular formula is C20H19F3N4O3. The Bertz CT molecular complexity index is 1020. The van der Waals surface area contributed by atoms with Crippen LogP contribution >= 0.6 is 0 Å². The Hall–Kier alpha value is -3.22. The van der Waals surface area contributed by atoms with Gasteiger partial charge in [-0.3, -0.25) is 10.1 Å². The maximum atomic E-state index is 15.0. The highest BCUT2D eigenvalue weighted by atomic mass is 19.3. The van der Waals surface area contributed by atoms with Crippen molar-refractivity contribution in [2.75, 3.05) is 12.4 Å². The molecule has 3 N–H and O–H groups in total. The van der Waals surface area contributed by atoms with Gasteiger partial charge in [-0.25, -0.2) is 22.8 Å². The van der Waals surface area contributed by atoms with Crippen LogP contribution in [0.2, 0.25) is 0 Å². The lowest BCUT2D eigenvalue weighted by Gasteiger charge is -2.40. The van der Waals surface area contributed by atoms with Crippen molar-refractivity contribution in [3.05, 3.63) is 29.1 Å². The van der Waals surface area contributed by atoms with E-state index in [1.165, 1.54) is 13.1 Å². The summed E-state index contributed by atoms with van der Waals surface area (Å²) >= 11 is 0. The van der Waals surface area contributed by atoms with E-state index >= 15 is 0 Å². The molecule has 30 heavy (non-hydrogen) atoms. The maximum absolute atomic E-state index is 15.0. The summed E-state index contributed by atoms with van der Waals surface area (Å²) in [5.74, 6) is 0.311. The summed E-state index contributed by atoms with van der Waals surface area (Å²) in [5.41, 5.74) is -2.59. The highest BCUT2D eigenvalue weighted by Gasteiger charge is 2.55. The van der Waals surface area contributed by atoms with E-state index in [1.807, 2.05) is 0 Å². The van der Waals surface area contributed by atoms with Gasteiger partial charge in [0, 0.05) is 37.6 Å². The second kappa shape index (κ2) is 6.65. The van der Waals surface area contributed by atoms with E-state index in [4.69, 9.17) is 0 Å². The van der Waals surface area contributed by atoms with Gasteiger partial charge in [0.05, 0.1) is 0 Å². The molecule has 1 saturated carbocycles. The fraction of sp³-hybridized carbons (Fsp3) is 0.450. The van der Waals surface area contributed by atoms with Gasteiger partial charge in [-0.15, -0.1) is 0 Å². The lowest BCUT2D eigenvalue weighted by atomic mass is 9.81. The first-order chi connectivity index (χ1) is 14.0. The van der Waals surface area contributed by atoms with Gasteiger partial charge < -0.3 is 15.5 Å². The molecule has 0 spiro atoms. The van der Waals surface area contributed by atoms with Crippen molar-refractivity contribution >= 4 is 23.7 Å². The number of fused-ring (bicyclic) bond motifs is 1. The number of carbonyl (C=O) groups excluding carboxylic acids is 3. The Morgan fingerprint density at radius 2 is 1.93 bits per heavy atom. The smallest absolute Gasteiger partial charge is 0.315 e. The quantitative estimate of drug-likeness (QED) is 0.518. The molecule has 1 aromatic carbocycles.